The van der Waals surface area contributed by atoms with Gasteiger partial charge in [0, 0.05) is 33.2 Å². The average molecular weight is 358 g/mol. The smallest absolute Gasteiger partial charge is 0.225 e. The van der Waals surface area contributed by atoms with Crippen LogP contribution in [-0.2, 0) is 4.79 Å². The highest BCUT2D eigenvalue weighted by molar-refractivity contribution is 7.11. The van der Waals surface area contributed by atoms with Crippen molar-refractivity contribution in [1.29, 1.82) is 0 Å². The largest absolute Gasteiger partial charge is 0.325 e. The fraction of sp³-hybridized carbons (Fsp3) is 0.105. The van der Waals surface area contributed by atoms with Gasteiger partial charge in [-0.1, -0.05) is 41.9 Å². The van der Waals surface area contributed by atoms with Gasteiger partial charge in [-0.05, 0) is 29.3 Å². The molecular weight excluding hydrogens is 345 g/mol. The molecular formula is C19H13ClFNOS. The predicted octanol–water partition coefficient (Wildman–Crippen LogP) is 5.68. The van der Waals surface area contributed by atoms with E-state index >= 15 is 0 Å². The normalized spacial score (nSPS) is 16.6. The fourth-order valence-corrected chi connectivity index (χ4v) is 4.52. The summed E-state index contributed by atoms with van der Waals surface area (Å²) in [6, 6.07) is 14.0. The number of thiophene rings is 1. The zero-order chi connectivity index (χ0) is 16.7. The SMILES string of the molecule is O=C1C[C@@H](c2ccccc2Cl)c2scc(-c3cccc(F)c3)c2N1. The van der Waals surface area contributed by atoms with E-state index in [4.69, 9.17) is 11.6 Å². The molecule has 0 fully saturated rings. The summed E-state index contributed by atoms with van der Waals surface area (Å²) in [5, 5.41) is 5.58. The number of halogens is 2. The zero-order valence-electron chi connectivity index (χ0n) is 12.6. The Balaban J connectivity index is 1.85. The minimum absolute atomic E-state index is 0.0523. The summed E-state index contributed by atoms with van der Waals surface area (Å²) in [7, 11) is 0. The molecule has 4 rings (SSSR count). The predicted molar refractivity (Wildman–Crippen MR) is 96.3 cm³/mol. The Morgan fingerprint density at radius 3 is 2.79 bits per heavy atom. The van der Waals surface area contributed by atoms with Crippen LogP contribution in [0.2, 0.25) is 5.02 Å². The number of amides is 1. The van der Waals surface area contributed by atoms with Crippen LogP contribution < -0.4 is 5.32 Å². The molecule has 0 bridgehead atoms. The van der Waals surface area contributed by atoms with E-state index in [0.717, 1.165) is 27.3 Å². The van der Waals surface area contributed by atoms with Gasteiger partial charge in [-0.25, -0.2) is 4.39 Å². The summed E-state index contributed by atoms with van der Waals surface area (Å²) in [5.41, 5.74) is 3.32. The lowest BCUT2D eigenvalue weighted by atomic mass is 9.89. The van der Waals surface area contributed by atoms with Crippen molar-refractivity contribution < 1.29 is 9.18 Å². The number of hydrogen-bond acceptors (Lipinski definition) is 2. The van der Waals surface area contributed by atoms with Crippen LogP contribution in [0.15, 0.2) is 53.9 Å². The molecule has 0 spiro atoms. The van der Waals surface area contributed by atoms with Gasteiger partial charge in [-0.2, -0.15) is 0 Å². The summed E-state index contributed by atoms with van der Waals surface area (Å²) < 4.78 is 13.6. The molecule has 0 aliphatic carbocycles. The summed E-state index contributed by atoms with van der Waals surface area (Å²) in [6.07, 6.45) is 0.361. The van der Waals surface area contributed by atoms with Crippen LogP contribution in [0.1, 0.15) is 22.8 Å². The van der Waals surface area contributed by atoms with Crippen LogP contribution in [0.25, 0.3) is 11.1 Å². The first-order chi connectivity index (χ1) is 11.6. The molecule has 1 aliphatic heterocycles. The molecule has 5 heteroatoms. The summed E-state index contributed by atoms with van der Waals surface area (Å²) in [5.74, 6) is -0.421. The maximum atomic E-state index is 13.6. The third kappa shape index (κ3) is 2.62. The van der Waals surface area contributed by atoms with E-state index in [9.17, 15) is 9.18 Å². The minimum Gasteiger partial charge on any atom is -0.325 e. The molecule has 120 valence electrons. The molecule has 0 saturated heterocycles. The molecule has 1 aliphatic rings. The second-order valence-corrected chi connectivity index (χ2v) is 7.04. The van der Waals surface area contributed by atoms with Crippen LogP contribution in [-0.4, -0.2) is 5.91 Å². The number of anilines is 1. The van der Waals surface area contributed by atoms with E-state index in [1.54, 1.807) is 17.4 Å². The van der Waals surface area contributed by atoms with Gasteiger partial charge in [0.05, 0.1) is 5.69 Å². The molecule has 1 aromatic heterocycles. The number of rotatable bonds is 2. The molecule has 0 unspecified atom stereocenters. The minimum atomic E-state index is -0.294. The van der Waals surface area contributed by atoms with Gasteiger partial charge >= 0.3 is 0 Å². The maximum Gasteiger partial charge on any atom is 0.225 e. The number of carbonyl (C=O) groups is 1. The lowest BCUT2D eigenvalue weighted by Gasteiger charge is -2.24. The highest BCUT2D eigenvalue weighted by atomic mass is 35.5. The van der Waals surface area contributed by atoms with Gasteiger partial charge in [-0.3, -0.25) is 4.79 Å². The van der Waals surface area contributed by atoms with Crippen LogP contribution in [0.3, 0.4) is 0 Å². The fourth-order valence-electron chi connectivity index (χ4n) is 3.10. The van der Waals surface area contributed by atoms with Crippen LogP contribution in [0.5, 0.6) is 0 Å². The van der Waals surface area contributed by atoms with Gasteiger partial charge in [-0.15, -0.1) is 11.3 Å². The van der Waals surface area contributed by atoms with Gasteiger partial charge in [0.15, 0.2) is 0 Å². The Morgan fingerprint density at radius 2 is 2.00 bits per heavy atom. The summed E-state index contributed by atoms with van der Waals surface area (Å²) >= 11 is 7.91. The van der Waals surface area contributed by atoms with E-state index in [2.05, 4.69) is 5.32 Å². The van der Waals surface area contributed by atoms with Crippen molar-refractivity contribution in [2.75, 3.05) is 5.32 Å². The van der Waals surface area contributed by atoms with Crippen LogP contribution >= 0.6 is 22.9 Å². The Hall–Kier alpha value is -2.17. The molecule has 2 heterocycles. The first-order valence-electron chi connectivity index (χ1n) is 7.55. The number of hydrogen-bond donors (Lipinski definition) is 1. The molecule has 0 radical (unpaired) electrons. The van der Waals surface area contributed by atoms with Crippen molar-refractivity contribution in [3.8, 4) is 11.1 Å². The quantitative estimate of drug-likeness (QED) is 0.628. The van der Waals surface area contributed by atoms with Gasteiger partial charge < -0.3 is 5.32 Å². The second kappa shape index (κ2) is 6.04. The van der Waals surface area contributed by atoms with Crippen LogP contribution in [0, 0.1) is 5.82 Å². The van der Waals surface area contributed by atoms with E-state index in [-0.39, 0.29) is 17.6 Å². The van der Waals surface area contributed by atoms with Gasteiger partial charge in [0.25, 0.3) is 0 Å². The van der Waals surface area contributed by atoms with Crippen molar-refractivity contribution in [2.45, 2.75) is 12.3 Å². The van der Waals surface area contributed by atoms with Crippen molar-refractivity contribution in [3.63, 3.8) is 0 Å². The van der Waals surface area contributed by atoms with Crippen molar-refractivity contribution in [3.05, 3.63) is 75.2 Å². The highest BCUT2D eigenvalue weighted by Gasteiger charge is 2.31. The molecule has 2 nitrogen and oxygen atoms in total. The molecule has 0 saturated carbocycles. The lowest BCUT2D eigenvalue weighted by Crippen LogP contribution is -2.22. The Kier molecular flexibility index (Phi) is 3.87. The third-order valence-electron chi connectivity index (χ3n) is 4.21. The Morgan fingerprint density at radius 1 is 1.17 bits per heavy atom. The van der Waals surface area contributed by atoms with Crippen molar-refractivity contribution in [2.24, 2.45) is 0 Å². The standard InChI is InChI=1S/C19H13ClFNOS/c20-16-7-2-1-6-13(16)14-9-17(23)22-18-15(10-24-19(14)18)11-4-3-5-12(21)8-11/h1-8,10,14H,9H2,(H,22,23)/t14-/m0/s1. The number of carbonyl (C=O) groups excluding carboxylic acids is 1. The Bertz CT molecular complexity index is 937. The molecule has 1 N–H and O–H groups in total. The topological polar surface area (TPSA) is 29.1 Å². The number of nitrogens with one attached hydrogen (secondary N) is 1. The Labute approximate surface area is 147 Å². The average Bonchev–Trinajstić information content (AvgIpc) is 2.98. The first kappa shape index (κ1) is 15.4. The molecule has 1 atom stereocenters. The van der Waals surface area contributed by atoms with Crippen molar-refractivity contribution in [1.82, 2.24) is 0 Å². The van der Waals surface area contributed by atoms with E-state index in [1.165, 1.54) is 12.1 Å². The third-order valence-corrected chi connectivity index (χ3v) is 5.65. The van der Waals surface area contributed by atoms with Crippen molar-refractivity contribution >= 4 is 34.5 Å². The highest BCUT2D eigenvalue weighted by Crippen LogP contribution is 2.47. The molecule has 24 heavy (non-hydrogen) atoms. The van der Waals surface area contributed by atoms with Gasteiger partial charge in [0.1, 0.15) is 5.82 Å². The first-order valence-corrected chi connectivity index (χ1v) is 8.81. The summed E-state index contributed by atoms with van der Waals surface area (Å²) in [4.78, 5) is 13.3. The molecule has 1 amide bonds. The van der Waals surface area contributed by atoms with E-state index < -0.39 is 0 Å². The molecule has 2 aromatic carbocycles. The number of benzene rings is 2. The van der Waals surface area contributed by atoms with Gasteiger partial charge in [0.2, 0.25) is 5.91 Å². The number of fused-ring (bicyclic) bond motifs is 1. The van der Waals surface area contributed by atoms with Crippen LogP contribution in [0.4, 0.5) is 10.1 Å². The zero-order valence-corrected chi connectivity index (χ0v) is 14.1. The van der Waals surface area contributed by atoms with E-state index in [1.807, 2.05) is 35.7 Å². The molecule has 3 aromatic rings. The second-order valence-electron chi connectivity index (χ2n) is 5.73. The summed E-state index contributed by atoms with van der Waals surface area (Å²) in [6.45, 7) is 0. The monoisotopic (exact) mass is 357 g/mol. The lowest BCUT2D eigenvalue weighted by molar-refractivity contribution is -0.116. The maximum absolute atomic E-state index is 13.6. The van der Waals surface area contributed by atoms with E-state index in [0.29, 0.717) is 11.4 Å².